The van der Waals surface area contributed by atoms with Crippen molar-refractivity contribution in [1.82, 2.24) is 15.2 Å². The minimum absolute atomic E-state index is 0.0590. The number of amides is 2. The Balaban J connectivity index is 1.46. The number of hydrogen-bond donors (Lipinski definition) is 5. The second kappa shape index (κ2) is 9.90. The van der Waals surface area contributed by atoms with Gasteiger partial charge in [-0.2, -0.15) is 5.43 Å². The van der Waals surface area contributed by atoms with Crippen LogP contribution in [-0.4, -0.2) is 73.7 Å². The molecule has 178 valence electrons. The van der Waals surface area contributed by atoms with Gasteiger partial charge in [0.05, 0.1) is 7.05 Å². The van der Waals surface area contributed by atoms with Crippen LogP contribution in [-0.2, 0) is 14.4 Å². The second-order valence-corrected chi connectivity index (χ2v) is 10.1. The molecule has 0 aliphatic carbocycles. The van der Waals surface area contributed by atoms with Gasteiger partial charge >= 0.3 is 5.97 Å². The lowest BCUT2D eigenvalue weighted by Crippen LogP contribution is -2.71. The van der Waals surface area contributed by atoms with Crippen LogP contribution < -0.4 is 21.2 Å². The number of nitrogens with one attached hydrogen (secondary N) is 2. The van der Waals surface area contributed by atoms with Crippen LogP contribution in [0.25, 0.3) is 0 Å². The molecule has 2 aliphatic rings. The number of pyridine rings is 1. The number of carbonyl (C=O) groups excluding carboxylic acids is 2. The third-order valence-electron chi connectivity index (χ3n) is 5.09. The number of β-lactam (4-membered cyclic amide) rings is 1. The largest absolute Gasteiger partial charge is 0.477 e. The molecular formula is C19H20N7O5S3+. The Bertz CT molecular complexity index is 1200. The van der Waals surface area contributed by atoms with E-state index < -0.39 is 29.2 Å². The predicted octanol–water partition coefficient (Wildman–Crippen LogP) is -0.105. The maximum Gasteiger partial charge on any atom is 0.352 e. The van der Waals surface area contributed by atoms with E-state index in [1.54, 1.807) is 11.7 Å². The number of anilines is 1. The summed E-state index contributed by atoms with van der Waals surface area (Å²) in [4.78, 5) is 43.5. The number of carboxylic acids is 1. The number of hydrogen-bond acceptors (Lipinski definition) is 11. The van der Waals surface area contributed by atoms with E-state index in [4.69, 9.17) is 5.73 Å². The van der Waals surface area contributed by atoms with Crippen molar-refractivity contribution in [3.05, 3.63) is 46.9 Å². The molecule has 15 heteroatoms. The summed E-state index contributed by atoms with van der Waals surface area (Å²) < 4.78 is 1.77. The van der Waals surface area contributed by atoms with Crippen LogP contribution in [0, 0.1) is 0 Å². The minimum Gasteiger partial charge on any atom is -0.477 e. The highest BCUT2D eigenvalue weighted by Crippen LogP contribution is 2.41. The first-order valence-corrected chi connectivity index (χ1v) is 12.7. The number of thioether (sulfide) groups is 2. The molecule has 0 radical (unpaired) electrons. The molecule has 2 amide bonds. The van der Waals surface area contributed by atoms with E-state index in [2.05, 4.69) is 20.9 Å². The van der Waals surface area contributed by atoms with Crippen LogP contribution in [0.1, 0.15) is 5.69 Å². The van der Waals surface area contributed by atoms with Crippen LogP contribution in [0.2, 0.25) is 0 Å². The van der Waals surface area contributed by atoms with Crippen molar-refractivity contribution in [2.75, 3.05) is 29.7 Å². The first-order valence-electron chi connectivity index (χ1n) is 9.80. The van der Waals surface area contributed by atoms with E-state index in [0.29, 0.717) is 17.1 Å². The molecule has 0 unspecified atom stereocenters. The number of thiazole rings is 1. The van der Waals surface area contributed by atoms with E-state index in [1.165, 1.54) is 33.8 Å². The van der Waals surface area contributed by atoms with Gasteiger partial charge in [-0.1, -0.05) is 9.83 Å². The van der Waals surface area contributed by atoms with Crippen molar-refractivity contribution in [1.29, 1.82) is 0 Å². The van der Waals surface area contributed by atoms with E-state index >= 15 is 0 Å². The van der Waals surface area contributed by atoms with E-state index in [9.17, 15) is 24.7 Å². The van der Waals surface area contributed by atoms with Gasteiger partial charge in [0.2, 0.25) is 12.4 Å². The highest BCUT2D eigenvalue weighted by Gasteiger charge is 2.54. The molecule has 0 aromatic carbocycles. The van der Waals surface area contributed by atoms with E-state index in [1.807, 2.05) is 24.5 Å². The summed E-state index contributed by atoms with van der Waals surface area (Å²) in [5.74, 6) is -1.76. The van der Waals surface area contributed by atoms with Crippen LogP contribution in [0.3, 0.4) is 0 Å². The Morgan fingerprint density at radius 2 is 2.15 bits per heavy atom. The zero-order chi connectivity index (χ0) is 24.4. The predicted molar refractivity (Wildman–Crippen MR) is 127 cm³/mol. The molecule has 2 aliphatic heterocycles. The smallest absolute Gasteiger partial charge is 0.352 e. The topological polar surface area (TPSA) is 174 Å². The van der Waals surface area contributed by atoms with Gasteiger partial charge in [0.15, 0.2) is 10.8 Å². The lowest BCUT2D eigenvalue weighted by atomic mass is 10.0. The number of nitrogen functional groups attached to an aromatic ring is 1. The molecule has 34 heavy (non-hydrogen) atoms. The van der Waals surface area contributed by atoms with Gasteiger partial charge in [0.25, 0.3) is 11.8 Å². The zero-order valence-electron chi connectivity index (χ0n) is 17.7. The number of carboxylic acid groups (broad SMARTS) is 1. The summed E-state index contributed by atoms with van der Waals surface area (Å²) in [5, 5.41) is 25.6. The molecule has 12 nitrogen and oxygen atoms in total. The Hall–Kier alpha value is -3.30. The van der Waals surface area contributed by atoms with Crippen LogP contribution in [0.15, 0.2) is 51.2 Å². The molecule has 4 heterocycles. The number of oxime groups is 1. The maximum absolute atomic E-state index is 12.8. The average Bonchev–Trinajstić information content (AvgIpc) is 3.26. The molecule has 0 spiro atoms. The van der Waals surface area contributed by atoms with Crippen molar-refractivity contribution in [2.45, 2.75) is 16.3 Å². The van der Waals surface area contributed by atoms with Gasteiger partial charge in [-0.3, -0.25) is 14.5 Å². The maximum atomic E-state index is 12.8. The highest BCUT2D eigenvalue weighted by molar-refractivity contribution is 8.01. The quantitative estimate of drug-likeness (QED) is 0.0786. The Morgan fingerprint density at radius 3 is 2.74 bits per heavy atom. The third kappa shape index (κ3) is 4.53. The Morgan fingerprint density at radius 1 is 1.41 bits per heavy atom. The Kier molecular flexibility index (Phi) is 6.95. The van der Waals surface area contributed by atoms with Gasteiger partial charge in [-0.05, 0) is 5.57 Å². The molecule has 2 atom stereocenters. The SMILES string of the molecule is CN[n+]1ccc(SCC2=C(C(=O)O)N3C(=O)[C@@H](NC(=O)/C(=N\O)c4csc(N)n4)[C@H]3SC2)cc1. The summed E-state index contributed by atoms with van der Waals surface area (Å²) in [5.41, 5.74) is 8.78. The molecule has 0 bridgehead atoms. The fraction of sp³-hybridized carbons (Fsp3) is 0.263. The number of carbonyl (C=O) groups is 3. The van der Waals surface area contributed by atoms with Gasteiger partial charge in [-0.15, -0.1) is 34.9 Å². The molecule has 1 fully saturated rings. The van der Waals surface area contributed by atoms with E-state index in [-0.39, 0.29) is 22.2 Å². The molecule has 0 saturated carbocycles. The number of nitrogens with two attached hydrogens (primary N) is 1. The van der Waals surface area contributed by atoms with E-state index in [0.717, 1.165) is 16.2 Å². The summed E-state index contributed by atoms with van der Waals surface area (Å²) in [6.07, 6.45) is 3.69. The second-order valence-electron chi connectivity index (χ2n) is 7.09. The van der Waals surface area contributed by atoms with Crippen LogP contribution in [0.5, 0.6) is 0 Å². The first-order chi connectivity index (χ1) is 16.3. The Labute approximate surface area is 205 Å². The normalized spacial score (nSPS) is 20.0. The minimum atomic E-state index is -1.20. The fourth-order valence-corrected chi connectivity index (χ4v) is 6.36. The molecule has 4 rings (SSSR count). The van der Waals surface area contributed by atoms with Crippen LogP contribution >= 0.6 is 34.9 Å². The third-order valence-corrected chi connectivity index (χ3v) is 8.20. The lowest BCUT2D eigenvalue weighted by molar-refractivity contribution is -0.647. The number of aromatic nitrogens is 2. The molecule has 2 aromatic heterocycles. The number of fused-ring (bicyclic) bond motifs is 1. The summed E-state index contributed by atoms with van der Waals surface area (Å²) >= 11 is 3.90. The van der Waals surface area contributed by atoms with Crippen molar-refractivity contribution in [2.24, 2.45) is 5.16 Å². The molecular weight excluding hydrogens is 502 g/mol. The lowest BCUT2D eigenvalue weighted by Gasteiger charge is -2.49. The first kappa shape index (κ1) is 23.8. The number of aliphatic carboxylic acids is 1. The standard InChI is InChI=1S/C19H19N7O5S3/c1-21-25-4-2-10(3-5-25)32-6-9-7-33-17-13(16(28)26(17)14(9)18(29)30)23-15(27)12(24-31)11-8-34-19(20)22-11/h2-5,8,13,17,21H,6-7H2,1H3,(H4-,20,22,23,27,29,30,31)/p+1/t13-,17-/m1/s1. The van der Waals surface area contributed by atoms with Crippen molar-refractivity contribution < 1.29 is 29.4 Å². The summed E-state index contributed by atoms with van der Waals surface area (Å²) in [7, 11) is 1.79. The summed E-state index contributed by atoms with van der Waals surface area (Å²) in [6.45, 7) is 0. The van der Waals surface area contributed by atoms with Gasteiger partial charge < -0.3 is 21.4 Å². The van der Waals surface area contributed by atoms with Crippen molar-refractivity contribution in [3.63, 3.8) is 0 Å². The number of nitrogens with zero attached hydrogens (tertiary/aromatic N) is 4. The highest BCUT2D eigenvalue weighted by atomic mass is 32.2. The molecule has 6 N–H and O–H groups in total. The molecule has 1 saturated heterocycles. The fourth-order valence-electron chi connectivity index (χ4n) is 3.44. The average molecular weight is 523 g/mol. The number of rotatable bonds is 8. The van der Waals surface area contributed by atoms with Crippen molar-refractivity contribution in [3.8, 4) is 0 Å². The van der Waals surface area contributed by atoms with Gasteiger partial charge in [0, 0.05) is 33.9 Å². The van der Waals surface area contributed by atoms with Gasteiger partial charge in [0.1, 0.15) is 22.8 Å². The van der Waals surface area contributed by atoms with Crippen LogP contribution in [0.4, 0.5) is 5.13 Å². The monoisotopic (exact) mass is 522 g/mol. The van der Waals surface area contributed by atoms with Gasteiger partial charge in [-0.25, -0.2) is 9.78 Å². The zero-order valence-corrected chi connectivity index (χ0v) is 20.1. The summed E-state index contributed by atoms with van der Waals surface area (Å²) in [6, 6.07) is 2.84. The van der Waals surface area contributed by atoms with Crippen molar-refractivity contribution >= 4 is 63.5 Å². The molecule has 2 aromatic rings.